The number of nitrogens with one attached hydrogen (secondary N) is 1. The van der Waals surface area contributed by atoms with Gasteiger partial charge in [0.25, 0.3) is 0 Å². The van der Waals surface area contributed by atoms with Crippen molar-refractivity contribution in [2.75, 3.05) is 38.2 Å². The summed E-state index contributed by atoms with van der Waals surface area (Å²) < 4.78 is 5.48. The zero-order valence-corrected chi connectivity index (χ0v) is 11.3. The van der Waals surface area contributed by atoms with E-state index in [1.807, 2.05) is 0 Å². The number of benzene rings is 1. The van der Waals surface area contributed by atoms with Gasteiger partial charge in [0.1, 0.15) is 0 Å². The number of rotatable bonds is 1. The van der Waals surface area contributed by atoms with E-state index in [1.165, 1.54) is 16.8 Å². The van der Waals surface area contributed by atoms with Gasteiger partial charge in [-0.15, -0.1) is 0 Å². The van der Waals surface area contributed by atoms with Gasteiger partial charge < -0.3 is 10.1 Å². The van der Waals surface area contributed by atoms with Crippen molar-refractivity contribution >= 4 is 5.69 Å². The van der Waals surface area contributed by atoms with Gasteiger partial charge in [0.2, 0.25) is 0 Å². The van der Waals surface area contributed by atoms with Gasteiger partial charge in [0.15, 0.2) is 0 Å². The summed E-state index contributed by atoms with van der Waals surface area (Å²) in [5, 5.41) is 3.56. The molecule has 3 rings (SSSR count). The highest BCUT2D eigenvalue weighted by Gasteiger charge is 2.32. The van der Waals surface area contributed by atoms with Gasteiger partial charge in [-0.3, -0.25) is 4.90 Å². The molecule has 0 amide bonds. The van der Waals surface area contributed by atoms with Crippen molar-refractivity contribution in [3.05, 3.63) is 29.3 Å². The fourth-order valence-corrected chi connectivity index (χ4v) is 3.18. The normalized spacial score (nSPS) is 28.6. The molecule has 18 heavy (non-hydrogen) atoms. The molecule has 0 aromatic heterocycles. The van der Waals surface area contributed by atoms with Crippen LogP contribution in [0.25, 0.3) is 0 Å². The molecule has 0 spiro atoms. The highest BCUT2D eigenvalue weighted by Crippen LogP contribution is 2.38. The third-order valence-corrected chi connectivity index (χ3v) is 4.12. The van der Waals surface area contributed by atoms with E-state index in [0.717, 1.165) is 32.8 Å². The maximum atomic E-state index is 5.48. The van der Waals surface area contributed by atoms with Crippen molar-refractivity contribution in [3.63, 3.8) is 0 Å². The van der Waals surface area contributed by atoms with Crippen LogP contribution >= 0.6 is 0 Å². The van der Waals surface area contributed by atoms with E-state index >= 15 is 0 Å². The Morgan fingerprint density at radius 3 is 2.83 bits per heavy atom. The van der Waals surface area contributed by atoms with Crippen molar-refractivity contribution in [2.45, 2.75) is 19.9 Å². The van der Waals surface area contributed by atoms with Gasteiger partial charge in [-0.05, 0) is 30.0 Å². The average molecular weight is 246 g/mol. The number of anilines is 1. The maximum absolute atomic E-state index is 5.48. The van der Waals surface area contributed by atoms with Gasteiger partial charge in [-0.25, -0.2) is 0 Å². The number of hydrogen-bond acceptors (Lipinski definition) is 3. The van der Waals surface area contributed by atoms with E-state index in [2.05, 4.69) is 42.3 Å². The van der Waals surface area contributed by atoms with Crippen molar-refractivity contribution in [2.24, 2.45) is 5.92 Å². The molecule has 3 nitrogen and oxygen atoms in total. The molecule has 98 valence electrons. The lowest BCUT2D eigenvalue weighted by Crippen LogP contribution is -2.44. The molecule has 1 N–H and O–H groups in total. The number of morpholine rings is 1. The van der Waals surface area contributed by atoms with Crippen LogP contribution in [-0.4, -0.2) is 37.7 Å². The topological polar surface area (TPSA) is 24.5 Å². The molecule has 0 saturated carbocycles. The standard InChI is InChI=1S/C15H22N2O/c1-11-3-4-13-14(9-11)16-10-12(2)15(13)17-5-7-18-8-6-17/h3-4,9,12,15-16H,5-8,10H2,1-2H3. The first-order valence-corrected chi connectivity index (χ1v) is 6.92. The minimum atomic E-state index is 0.547. The van der Waals surface area contributed by atoms with Gasteiger partial charge in [0.05, 0.1) is 13.2 Å². The van der Waals surface area contributed by atoms with Crippen LogP contribution in [0.15, 0.2) is 18.2 Å². The molecule has 2 unspecified atom stereocenters. The van der Waals surface area contributed by atoms with E-state index in [4.69, 9.17) is 4.74 Å². The molecule has 1 aromatic rings. The Hall–Kier alpha value is -1.06. The summed E-state index contributed by atoms with van der Waals surface area (Å²) >= 11 is 0. The fourth-order valence-electron chi connectivity index (χ4n) is 3.18. The first-order valence-electron chi connectivity index (χ1n) is 6.92. The second-order valence-electron chi connectivity index (χ2n) is 5.54. The average Bonchev–Trinajstić information content (AvgIpc) is 2.40. The summed E-state index contributed by atoms with van der Waals surface area (Å²) in [5.74, 6) is 0.651. The van der Waals surface area contributed by atoms with Crippen LogP contribution in [0.2, 0.25) is 0 Å². The predicted octanol–water partition coefficient (Wildman–Crippen LogP) is 2.43. The lowest BCUT2D eigenvalue weighted by Gasteiger charge is -2.42. The first kappa shape index (κ1) is 12.0. The summed E-state index contributed by atoms with van der Waals surface area (Å²) in [5.41, 5.74) is 4.11. The number of nitrogens with zero attached hydrogens (tertiary/aromatic N) is 1. The summed E-state index contributed by atoms with van der Waals surface area (Å²) in [7, 11) is 0. The van der Waals surface area contributed by atoms with Crippen LogP contribution in [0.5, 0.6) is 0 Å². The monoisotopic (exact) mass is 246 g/mol. The highest BCUT2D eigenvalue weighted by molar-refractivity contribution is 5.56. The van der Waals surface area contributed by atoms with Crippen molar-refractivity contribution < 1.29 is 4.74 Å². The lowest BCUT2D eigenvalue weighted by atomic mass is 9.87. The van der Waals surface area contributed by atoms with Gasteiger partial charge in [-0.1, -0.05) is 19.1 Å². The largest absolute Gasteiger partial charge is 0.384 e. The smallest absolute Gasteiger partial charge is 0.0594 e. The molecule has 1 fully saturated rings. The molecule has 3 heteroatoms. The zero-order chi connectivity index (χ0) is 12.5. The first-order chi connectivity index (χ1) is 8.75. The number of ether oxygens (including phenoxy) is 1. The molecule has 2 aliphatic heterocycles. The minimum Gasteiger partial charge on any atom is -0.384 e. The van der Waals surface area contributed by atoms with Gasteiger partial charge in [-0.2, -0.15) is 0 Å². The molecular formula is C15H22N2O. The Morgan fingerprint density at radius 2 is 2.06 bits per heavy atom. The van der Waals surface area contributed by atoms with E-state index in [1.54, 1.807) is 0 Å². The molecule has 2 heterocycles. The number of aryl methyl sites for hydroxylation is 1. The molecule has 2 aliphatic rings. The van der Waals surface area contributed by atoms with Crippen LogP contribution in [0.4, 0.5) is 5.69 Å². The van der Waals surface area contributed by atoms with E-state index < -0.39 is 0 Å². The Morgan fingerprint density at radius 1 is 1.28 bits per heavy atom. The van der Waals surface area contributed by atoms with Crippen LogP contribution in [0, 0.1) is 12.8 Å². The molecule has 1 aromatic carbocycles. The van der Waals surface area contributed by atoms with Crippen LogP contribution < -0.4 is 5.32 Å². The Kier molecular flexibility index (Phi) is 3.27. The summed E-state index contributed by atoms with van der Waals surface area (Å²) in [6.07, 6.45) is 0. The van der Waals surface area contributed by atoms with Crippen molar-refractivity contribution in [1.82, 2.24) is 4.90 Å². The van der Waals surface area contributed by atoms with E-state index in [0.29, 0.717) is 12.0 Å². The highest BCUT2D eigenvalue weighted by atomic mass is 16.5. The van der Waals surface area contributed by atoms with E-state index in [-0.39, 0.29) is 0 Å². The summed E-state index contributed by atoms with van der Waals surface area (Å²) in [6, 6.07) is 7.35. The predicted molar refractivity (Wildman–Crippen MR) is 74.0 cm³/mol. The third-order valence-electron chi connectivity index (χ3n) is 4.12. The third kappa shape index (κ3) is 2.13. The Bertz CT molecular complexity index is 427. The SMILES string of the molecule is Cc1ccc2c(c1)NCC(C)C2N1CCOCC1. The van der Waals surface area contributed by atoms with Crippen LogP contribution in [0.3, 0.4) is 0 Å². The lowest BCUT2D eigenvalue weighted by molar-refractivity contribution is 0.00419. The Labute approximate surface area is 109 Å². The molecule has 0 radical (unpaired) electrons. The minimum absolute atomic E-state index is 0.547. The number of hydrogen-bond donors (Lipinski definition) is 1. The molecule has 1 saturated heterocycles. The maximum Gasteiger partial charge on any atom is 0.0594 e. The Balaban J connectivity index is 1.93. The molecule has 0 aliphatic carbocycles. The van der Waals surface area contributed by atoms with E-state index in [9.17, 15) is 0 Å². The quantitative estimate of drug-likeness (QED) is 0.823. The van der Waals surface area contributed by atoms with Crippen molar-refractivity contribution in [3.8, 4) is 0 Å². The van der Waals surface area contributed by atoms with Crippen molar-refractivity contribution in [1.29, 1.82) is 0 Å². The zero-order valence-electron chi connectivity index (χ0n) is 11.3. The van der Waals surface area contributed by atoms with Gasteiger partial charge in [0, 0.05) is 31.4 Å². The molecule has 2 atom stereocenters. The number of fused-ring (bicyclic) bond motifs is 1. The summed E-state index contributed by atoms with van der Waals surface area (Å²) in [6.45, 7) is 9.43. The molecular weight excluding hydrogens is 224 g/mol. The fraction of sp³-hybridized carbons (Fsp3) is 0.600. The van der Waals surface area contributed by atoms with Gasteiger partial charge >= 0.3 is 0 Å². The second-order valence-corrected chi connectivity index (χ2v) is 5.54. The molecule has 0 bridgehead atoms. The summed E-state index contributed by atoms with van der Waals surface area (Å²) in [4.78, 5) is 2.59. The van der Waals surface area contributed by atoms with Crippen LogP contribution in [0.1, 0.15) is 24.1 Å². The van der Waals surface area contributed by atoms with Crippen LogP contribution in [-0.2, 0) is 4.74 Å². The second kappa shape index (κ2) is 4.90.